The van der Waals surface area contributed by atoms with Gasteiger partial charge in [0, 0.05) is 5.56 Å². The summed E-state index contributed by atoms with van der Waals surface area (Å²) in [6.45, 7) is 3.63. The number of rotatable bonds is 0. The fourth-order valence-corrected chi connectivity index (χ4v) is 0.415. The van der Waals surface area contributed by atoms with Crippen LogP contribution in [0.15, 0.2) is 4.52 Å². The molecule has 0 saturated heterocycles. The Labute approximate surface area is 47.5 Å². The summed E-state index contributed by atoms with van der Waals surface area (Å²) in [6, 6.07) is 0. The smallest absolute Gasteiger partial charge is 0.246 e. The summed E-state index contributed by atoms with van der Waals surface area (Å²) in [7, 11) is 0. The molecule has 0 aliphatic heterocycles. The Kier molecular flexibility index (Phi) is 0.970. The molecule has 0 amide bonds. The quantitative estimate of drug-likeness (QED) is 0.505. The lowest BCUT2D eigenvalue weighted by Gasteiger charge is -1.79. The van der Waals surface area contributed by atoms with Gasteiger partial charge in [0.15, 0.2) is 0 Å². The minimum atomic E-state index is 0.169. The van der Waals surface area contributed by atoms with Crippen molar-refractivity contribution in [2.75, 3.05) is 0 Å². The van der Waals surface area contributed by atoms with Gasteiger partial charge >= 0.3 is 0 Å². The lowest BCUT2D eigenvalue weighted by Crippen LogP contribution is -1.72. The van der Waals surface area contributed by atoms with Gasteiger partial charge in [-0.15, -0.1) is 0 Å². The molecule has 0 saturated carbocycles. The van der Waals surface area contributed by atoms with Gasteiger partial charge in [0.25, 0.3) is 0 Å². The summed E-state index contributed by atoms with van der Waals surface area (Å²) >= 11 is 0. The molecule has 0 atom stereocenters. The first-order valence-corrected chi connectivity index (χ1v) is 2.36. The third-order valence-corrected chi connectivity index (χ3v) is 1.16. The standard InChI is InChI=1S/C5H7N2O/c1-3-4(2)7-8-5(3)6/h6H,1-2H3. The van der Waals surface area contributed by atoms with Crippen LogP contribution in [0.2, 0.25) is 0 Å². The highest BCUT2D eigenvalue weighted by atomic mass is 16.5. The van der Waals surface area contributed by atoms with Gasteiger partial charge < -0.3 is 4.52 Å². The molecule has 3 nitrogen and oxygen atoms in total. The monoisotopic (exact) mass is 111 g/mol. The number of hydrogen-bond acceptors (Lipinski definition) is 2. The van der Waals surface area contributed by atoms with E-state index in [2.05, 4.69) is 9.68 Å². The van der Waals surface area contributed by atoms with Crippen molar-refractivity contribution < 1.29 is 4.52 Å². The highest BCUT2D eigenvalue weighted by molar-refractivity contribution is 5.32. The van der Waals surface area contributed by atoms with E-state index in [0.717, 1.165) is 11.3 Å². The van der Waals surface area contributed by atoms with Crippen LogP contribution in [0.1, 0.15) is 11.3 Å². The Balaban J connectivity index is 3.19. The SMILES string of the molecule is Cc1noc([NH])c1C. The van der Waals surface area contributed by atoms with Crippen molar-refractivity contribution in [2.45, 2.75) is 13.8 Å². The Bertz CT molecular complexity index is 173. The molecule has 1 aromatic heterocycles. The maximum absolute atomic E-state index is 7.01. The van der Waals surface area contributed by atoms with E-state index in [1.807, 2.05) is 13.8 Å². The first-order chi connectivity index (χ1) is 3.72. The molecule has 1 aromatic rings. The molecule has 1 radical (unpaired) electrons. The first kappa shape index (κ1) is 5.15. The lowest BCUT2D eigenvalue weighted by molar-refractivity contribution is 0.422. The molecule has 43 valence electrons. The van der Waals surface area contributed by atoms with E-state index in [0.29, 0.717) is 0 Å². The van der Waals surface area contributed by atoms with E-state index in [1.54, 1.807) is 0 Å². The summed E-state index contributed by atoms with van der Waals surface area (Å²) in [6.07, 6.45) is 0. The minimum Gasteiger partial charge on any atom is -0.337 e. The van der Waals surface area contributed by atoms with E-state index in [9.17, 15) is 0 Å². The van der Waals surface area contributed by atoms with Gasteiger partial charge in [0.2, 0.25) is 5.88 Å². The highest BCUT2D eigenvalue weighted by Crippen LogP contribution is 2.13. The molecule has 0 fully saturated rings. The van der Waals surface area contributed by atoms with E-state index >= 15 is 0 Å². The van der Waals surface area contributed by atoms with Gasteiger partial charge in [-0.2, -0.15) is 0 Å². The topological polar surface area (TPSA) is 49.8 Å². The number of hydrogen-bond donors (Lipinski definition) is 0. The van der Waals surface area contributed by atoms with Crippen LogP contribution in [0, 0.1) is 13.8 Å². The Morgan fingerprint density at radius 3 is 2.25 bits per heavy atom. The van der Waals surface area contributed by atoms with Crippen molar-refractivity contribution in [3.05, 3.63) is 11.3 Å². The van der Waals surface area contributed by atoms with Crippen LogP contribution in [-0.2, 0) is 0 Å². The molecule has 0 unspecified atom stereocenters. The van der Waals surface area contributed by atoms with Crippen LogP contribution >= 0.6 is 0 Å². The second kappa shape index (κ2) is 1.51. The second-order valence-corrected chi connectivity index (χ2v) is 1.72. The second-order valence-electron chi connectivity index (χ2n) is 1.72. The van der Waals surface area contributed by atoms with Crippen LogP contribution in [-0.4, -0.2) is 5.16 Å². The van der Waals surface area contributed by atoms with Gasteiger partial charge in [-0.3, -0.25) is 5.73 Å². The first-order valence-electron chi connectivity index (χ1n) is 2.36. The molecule has 1 rings (SSSR count). The van der Waals surface area contributed by atoms with Crippen LogP contribution in [0.4, 0.5) is 5.88 Å². The zero-order valence-electron chi connectivity index (χ0n) is 4.86. The molecule has 3 heteroatoms. The third kappa shape index (κ3) is 0.559. The summed E-state index contributed by atoms with van der Waals surface area (Å²) in [4.78, 5) is 0. The van der Waals surface area contributed by atoms with E-state index < -0.39 is 0 Å². The fourth-order valence-electron chi connectivity index (χ4n) is 0.415. The Hall–Kier alpha value is -0.990. The average Bonchev–Trinajstić information content (AvgIpc) is 1.98. The van der Waals surface area contributed by atoms with Crippen molar-refractivity contribution in [1.82, 2.24) is 10.9 Å². The summed E-state index contributed by atoms with van der Waals surface area (Å²) in [5.41, 5.74) is 8.64. The molecule has 8 heavy (non-hydrogen) atoms. The molecular formula is C5H7N2O. The predicted octanol–water partition coefficient (Wildman–Crippen LogP) is 1.21. The van der Waals surface area contributed by atoms with Crippen LogP contribution in [0.25, 0.3) is 0 Å². The van der Waals surface area contributed by atoms with Crippen molar-refractivity contribution in [2.24, 2.45) is 0 Å². The van der Waals surface area contributed by atoms with Crippen molar-refractivity contribution >= 4 is 5.88 Å². The molecule has 0 bridgehead atoms. The van der Waals surface area contributed by atoms with Crippen molar-refractivity contribution in [3.63, 3.8) is 0 Å². The normalized spacial score (nSPS) is 9.75. The van der Waals surface area contributed by atoms with Crippen molar-refractivity contribution in [3.8, 4) is 0 Å². The average molecular weight is 111 g/mol. The highest BCUT2D eigenvalue weighted by Gasteiger charge is 2.01. The number of aromatic nitrogens is 1. The zero-order chi connectivity index (χ0) is 6.15. The lowest BCUT2D eigenvalue weighted by atomic mass is 10.3. The predicted molar refractivity (Wildman–Crippen MR) is 28.7 cm³/mol. The summed E-state index contributed by atoms with van der Waals surface area (Å²) in [5, 5.41) is 3.55. The third-order valence-electron chi connectivity index (χ3n) is 1.16. The molecule has 0 aromatic carbocycles. The van der Waals surface area contributed by atoms with Crippen molar-refractivity contribution in [1.29, 1.82) is 0 Å². The molecule has 1 N–H and O–H groups in total. The number of nitrogens with zero attached hydrogens (tertiary/aromatic N) is 1. The Morgan fingerprint density at radius 1 is 1.50 bits per heavy atom. The largest absolute Gasteiger partial charge is 0.337 e. The van der Waals surface area contributed by atoms with Crippen LogP contribution in [0.5, 0.6) is 0 Å². The van der Waals surface area contributed by atoms with Crippen LogP contribution in [0.3, 0.4) is 0 Å². The molecule has 0 aliphatic rings. The number of nitrogens with one attached hydrogen (secondary N) is 1. The maximum atomic E-state index is 7.01. The summed E-state index contributed by atoms with van der Waals surface area (Å²) in [5.74, 6) is 0.169. The summed E-state index contributed by atoms with van der Waals surface area (Å²) < 4.78 is 4.51. The molecular weight excluding hydrogens is 104 g/mol. The van der Waals surface area contributed by atoms with Gasteiger partial charge in [-0.1, -0.05) is 5.16 Å². The van der Waals surface area contributed by atoms with Gasteiger partial charge in [-0.05, 0) is 13.8 Å². The Morgan fingerprint density at radius 2 is 2.12 bits per heavy atom. The van der Waals surface area contributed by atoms with E-state index in [4.69, 9.17) is 5.73 Å². The molecule has 0 spiro atoms. The minimum absolute atomic E-state index is 0.169. The van der Waals surface area contributed by atoms with Gasteiger partial charge in [0.05, 0.1) is 5.69 Å². The van der Waals surface area contributed by atoms with Gasteiger partial charge in [-0.25, -0.2) is 0 Å². The zero-order valence-corrected chi connectivity index (χ0v) is 4.86. The fraction of sp³-hybridized carbons (Fsp3) is 0.400. The molecule has 0 aliphatic carbocycles. The molecule has 1 heterocycles. The van der Waals surface area contributed by atoms with Crippen LogP contribution < -0.4 is 5.73 Å². The number of aryl methyl sites for hydroxylation is 1. The van der Waals surface area contributed by atoms with Gasteiger partial charge in [0.1, 0.15) is 0 Å². The van der Waals surface area contributed by atoms with E-state index in [-0.39, 0.29) is 5.88 Å². The maximum Gasteiger partial charge on any atom is 0.246 e. The van der Waals surface area contributed by atoms with E-state index in [1.165, 1.54) is 0 Å².